The lowest BCUT2D eigenvalue weighted by molar-refractivity contribution is 0.0927. The molecule has 0 aliphatic carbocycles. The Balaban J connectivity index is 1.78. The van der Waals surface area contributed by atoms with Gasteiger partial charge >= 0.3 is 0 Å². The molecule has 1 heterocycles. The molecule has 0 saturated carbocycles. The summed E-state index contributed by atoms with van der Waals surface area (Å²) in [5.74, 6) is -0.417. The molecule has 2 aromatic carbocycles. The predicted octanol–water partition coefficient (Wildman–Crippen LogP) is 2.71. The molecule has 1 saturated heterocycles. The van der Waals surface area contributed by atoms with Crippen LogP contribution in [0.2, 0.25) is 0 Å². The maximum atomic E-state index is 13.1. The summed E-state index contributed by atoms with van der Waals surface area (Å²) in [7, 11) is 1.99. The molecule has 23 heavy (non-hydrogen) atoms. The Morgan fingerprint density at radius 2 is 2.00 bits per heavy atom. The first-order chi connectivity index (χ1) is 11.0. The van der Waals surface area contributed by atoms with Crippen LogP contribution < -0.4 is 5.32 Å². The second-order valence-corrected chi connectivity index (χ2v) is 5.90. The van der Waals surface area contributed by atoms with E-state index in [4.69, 9.17) is 0 Å². The van der Waals surface area contributed by atoms with Crippen molar-refractivity contribution in [1.29, 1.82) is 0 Å². The van der Waals surface area contributed by atoms with Crippen molar-refractivity contribution in [3.05, 3.63) is 65.5 Å². The van der Waals surface area contributed by atoms with Crippen LogP contribution in [0.4, 0.5) is 4.39 Å². The number of carbonyl (C=O) groups is 1. The van der Waals surface area contributed by atoms with E-state index >= 15 is 0 Å². The molecule has 2 atom stereocenters. The van der Waals surface area contributed by atoms with Gasteiger partial charge in [-0.2, -0.15) is 0 Å². The fraction of sp³-hybridized carbons (Fsp3) is 0.278. The molecule has 4 nitrogen and oxygen atoms in total. The third-order valence-electron chi connectivity index (χ3n) is 4.29. The van der Waals surface area contributed by atoms with Gasteiger partial charge in [0, 0.05) is 12.1 Å². The molecule has 5 heteroatoms. The molecule has 1 aliphatic rings. The quantitative estimate of drug-likeness (QED) is 0.916. The third kappa shape index (κ3) is 3.35. The summed E-state index contributed by atoms with van der Waals surface area (Å²) in [6.07, 6.45) is 0.823. The molecular weight excluding hydrogens is 295 g/mol. The van der Waals surface area contributed by atoms with Crippen molar-refractivity contribution in [3.63, 3.8) is 0 Å². The zero-order chi connectivity index (χ0) is 16.4. The van der Waals surface area contributed by atoms with Crippen molar-refractivity contribution in [2.45, 2.75) is 18.5 Å². The van der Waals surface area contributed by atoms with Gasteiger partial charge in [0.1, 0.15) is 11.6 Å². The summed E-state index contributed by atoms with van der Waals surface area (Å²) in [4.78, 5) is 14.5. The minimum Gasteiger partial charge on any atom is -0.508 e. The van der Waals surface area contributed by atoms with Crippen LogP contribution in [-0.4, -0.2) is 35.5 Å². The van der Waals surface area contributed by atoms with Crippen LogP contribution in [0, 0.1) is 5.82 Å². The van der Waals surface area contributed by atoms with Crippen molar-refractivity contribution in [3.8, 4) is 5.75 Å². The summed E-state index contributed by atoms with van der Waals surface area (Å²) >= 11 is 0. The Bertz CT molecular complexity index is 702. The number of hydrogen-bond acceptors (Lipinski definition) is 3. The summed E-state index contributed by atoms with van der Waals surface area (Å²) in [5.41, 5.74) is 1.41. The topological polar surface area (TPSA) is 52.6 Å². The third-order valence-corrected chi connectivity index (χ3v) is 4.29. The molecule has 0 spiro atoms. The van der Waals surface area contributed by atoms with E-state index in [1.54, 1.807) is 24.3 Å². The summed E-state index contributed by atoms with van der Waals surface area (Å²) in [6.45, 7) is 0.854. The average Bonchev–Trinajstić information content (AvgIpc) is 2.89. The monoisotopic (exact) mass is 314 g/mol. The Labute approximate surface area is 134 Å². The number of benzene rings is 2. The molecule has 2 aromatic rings. The Hall–Kier alpha value is -2.40. The number of amides is 1. The van der Waals surface area contributed by atoms with Gasteiger partial charge in [-0.05, 0) is 49.4 Å². The number of phenolic OH excluding ortho intramolecular Hbond substituents is 1. The van der Waals surface area contributed by atoms with Gasteiger partial charge in [0.05, 0.1) is 12.1 Å². The zero-order valence-electron chi connectivity index (χ0n) is 12.9. The van der Waals surface area contributed by atoms with E-state index < -0.39 is 0 Å². The molecule has 0 aromatic heterocycles. The van der Waals surface area contributed by atoms with Crippen LogP contribution in [-0.2, 0) is 0 Å². The lowest BCUT2D eigenvalue weighted by Crippen LogP contribution is -2.38. The number of nitrogens with one attached hydrogen (secondary N) is 1. The number of likely N-dealkylation sites (N-methyl/N-ethyl adjacent to an activating group) is 1. The molecule has 0 radical (unpaired) electrons. The van der Waals surface area contributed by atoms with Gasteiger partial charge < -0.3 is 10.4 Å². The number of phenols is 1. The predicted molar refractivity (Wildman–Crippen MR) is 85.7 cm³/mol. The van der Waals surface area contributed by atoms with Crippen LogP contribution >= 0.6 is 0 Å². The maximum Gasteiger partial charge on any atom is 0.251 e. The molecule has 1 fully saturated rings. The number of halogens is 1. The van der Waals surface area contributed by atoms with Crippen molar-refractivity contribution in [2.24, 2.45) is 0 Å². The van der Waals surface area contributed by atoms with Gasteiger partial charge in [0.25, 0.3) is 5.91 Å². The van der Waals surface area contributed by atoms with E-state index in [0.29, 0.717) is 5.56 Å². The number of hydrogen-bond donors (Lipinski definition) is 2. The van der Waals surface area contributed by atoms with Gasteiger partial charge in [-0.3, -0.25) is 9.69 Å². The molecule has 1 aliphatic heterocycles. The zero-order valence-corrected chi connectivity index (χ0v) is 12.9. The SMILES string of the molecule is CN1CC[C@@H](NC(=O)c2cccc(O)c2)[C@@H]1c1ccc(F)cc1. The Kier molecular flexibility index (Phi) is 4.30. The fourth-order valence-electron chi connectivity index (χ4n) is 3.14. The van der Waals surface area contributed by atoms with Gasteiger partial charge in [-0.25, -0.2) is 4.39 Å². The first-order valence-corrected chi connectivity index (χ1v) is 7.60. The standard InChI is InChI=1S/C18H19FN2O2/c1-21-10-9-16(17(21)12-5-7-14(19)8-6-12)20-18(23)13-3-2-4-15(22)11-13/h2-8,11,16-17,22H,9-10H2,1H3,(H,20,23)/t16-,17+/m1/s1. The van der Waals surface area contributed by atoms with E-state index in [1.165, 1.54) is 24.3 Å². The van der Waals surface area contributed by atoms with Crippen molar-refractivity contribution in [1.82, 2.24) is 10.2 Å². The smallest absolute Gasteiger partial charge is 0.251 e. The molecular formula is C18H19FN2O2. The average molecular weight is 314 g/mol. The largest absolute Gasteiger partial charge is 0.508 e. The highest BCUT2D eigenvalue weighted by Crippen LogP contribution is 2.31. The molecule has 120 valence electrons. The van der Waals surface area contributed by atoms with Gasteiger partial charge in [0.2, 0.25) is 0 Å². The van der Waals surface area contributed by atoms with Crippen LogP contribution in [0.5, 0.6) is 5.75 Å². The second-order valence-electron chi connectivity index (χ2n) is 5.90. The van der Waals surface area contributed by atoms with Crippen molar-refractivity contribution in [2.75, 3.05) is 13.6 Å². The minimum absolute atomic E-state index is 0.0110. The molecule has 3 rings (SSSR count). The lowest BCUT2D eigenvalue weighted by atomic mass is 9.99. The number of carbonyl (C=O) groups excluding carboxylic acids is 1. The highest BCUT2D eigenvalue weighted by Gasteiger charge is 2.34. The molecule has 1 amide bonds. The van der Waals surface area contributed by atoms with E-state index in [-0.39, 0.29) is 29.6 Å². The lowest BCUT2D eigenvalue weighted by Gasteiger charge is -2.26. The summed E-state index contributed by atoms with van der Waals surface area (Å²) < 4.78 is 13.1. The van der Waals surface area contributed by atoms with E-state index in [1.807, 2.05) is 7.05 Å². The van der Waals surface area contributed by atoms with Crippen LogP contribution in [0.15, 0.2) is 48.5 Å². The van der Waals surface area contributed by atoms with Gasteiger partial charge in [-0.1, -0.05) is 18.2 Å². The van der Waals surface area contributed by atoms with Crippen LogP contribution in [0.3, 0.4) is 0 Å². The van der Waals surface area contributed by atoms with Crippen molar-refractivity contribution < 1.29 is 14.3 Å². The van der Waals surface area contributed by atoms with Gasteiger partial charge in [-0.15, -0.1) is 0 Å². The highest BCUT2D eigenvalue weighted by molar-refractivity contribution is 5.94. The highest BCUT2D eigenvalue weighted by atomic mass is 19.1. The van der Waals surface area contributed by atoms with E-state index in [0.717, 1.165) is 18.5 Å². The number of likely N-dealkylation sites (tertiary alicyclic amines) is 1. The van der Waals surface area contributed by atoms with Crippen LogP contribution in [0.25, 0.3) is 0 Å². The second kappa shape index (κ2) is 6.38. The van der Waals surface area contributed by atoms with E-state index in [2.05, 4.69) is 10.2 Å². The fourth-order valence-corrected chi connectivity index (χ4v) is 3.14. The number of nitrogens with zero attached hydrogens (tertiary/aromatic N) is 1. The molecule has 0 bridgehead atoms. The number of rotatable bonds is 3. The Morgan fingerprint density at radius 3 is 2.70 bits per heavy atom. The first-order valence-electron chi connectivity index (χ1n) is 7.60. The Morgan fingerprint density at radius 1 is 1.26 bits per heavy atom. The molecule has 2 N–H and O–H groups in total. The van der Waals surface area contributed by atoms with Gasteiger partial charge in [0.15, 0.2) is 0 Å². The molecule has 0 unspecified atom stereocenters. The first kappa shape index (κ1) is 15.5. The van der Waals surface area contributed by atoms with Crippen molar-refractivity contribution >= 4 is 5.91 Å². The minimum atomic E-state index is -0.269. The maximum absolute atomic E-state index is 13.1. The normalized spacial score (nSPS) is 21.3. The van der Waals surface area contributed by atoms with Crippen LogP contribution in [0.1, 0.15) is 28.4 Å². The van der Waals surface area contributed by atoms with E-state index in [9.17, 15) is 14.3 Å². The number of aromatic hydroxyl groups is 1. The summed E-state index contributed by atoms with van der Waals surface area (Å²) in [6, 6.07) is 12.6. The summed E-state index contributed by atoms with van der Waals surface area (Å²) in [5, 5.41) is 12.5.